The minimum Gasteiger partial charge on any atom is -0.388 e. The minimum absolute atomic E-state index is 0.0369. The first-order valence-corrected chi connectivity index (χ1v) is 8.34. The number of benzene rings is 1. The molecule has 0 aliphatic carbocycles. The van der Waals surface area contributed by atoms with Crippen molar-refractivity contribution in [3.63, 3.8) is 0 Å². The number of likely N-dealkylation sites (tertiary alicyclic amines) is 1. The molecule has 2 aliphatic heterocycles. The molecule has 0 saturated carbocycles. The van der Waals surface area contributed by atoms with Gasteiger partial charge >= 0.3 is 0 Å². The fraction of sp³-hybridized carbons (Fsp3) is 0.556. The summed E-state index contributed by atoms with van der Waals surface area (Å²) in [7, 11) is 0. The maximum atomic E-state index is 12.5. The number of rotatable bonds is 3. The van der Waals surface area contributed by atoms with Crippen molar-refractivity contribution in [1.82, 2.24) is 4.90 Å². The molecule has 3 rings (SSSR count). The van der Waals surface area contributed by atoms with Crippen molar-refractivity contribution in [1.29, 1.82) is 0 Å². The Morgan fingerprint density at radius 3 is 2.83 bits per heavy atom. The fourth-order valence-electron chi connectivity index (χ4n) is 3.47. The molecule has 2 aliphatic rings. The third-order valence-electron chi connectivity index (χ3n) is 4.68. The second kappa shape index (κ2) is 6.32. The molecule has 1 atom stereocenters. The Hall–Kier alpha value is -1.88. The number of β-amino-alcohol motifs (C(OH)–C–C–N with tert-alkyl or cyclic N) is 1. The summed E-state index contributed by atoms with van der Waals surface area (Å²) >= 11 is 0. The van der Waals surface area contributed by atoms with Crippen molar-refractivity contribution in [3.8, 4) is 0 Å². The van der Waals surface area contributed by atoms with E-state index in [1.165, 1.54) is 0 Å². The van der Waals surface area contributed by atoms with E-state index in [9.17, 15) is 14.7 Å². The van der Waals surface area contributed by atoms with Crippen LogP contribution in [-0.4, -0.2) is 47.1 Å². The molecule has 2 heterocycles. The van der Waals surface area contributed by atoms with Crippen LogP contribution in [0.4, 0.5) is 5.69 Å². The van der Waals surface area contributed by atoms with Crippen molar-refractivity contribution in [2.75, 3.05) is 24.5 Å². The number of piperidine rings is 1. The van der Waals surface area contributed by atoms with E-state index >= 15 is 0 Å². The molecule has 2 saturated heterocycles. The molecule has 5 nitrogen and oxygen atoms in total. The van der Waals surface area contributed by atoms with Gasteiger partial charge in [-0.3, -0.25) is 9.59 Å². The fourth-order valence-corrected chi connectivity index (χ4v) is 3.47. The van der Waals surface area contributed by atoms with E-state index < -0.39 is 5.60 Å². The van der Waals surface area contributed by atoms with Crippen LogP contribution in [0.15, 0.2) is 24.3 Å². The first kappa shape index (κ1) is 16.0. The van der Waals surface area contributed by atoms with Crippen LogP contribution in [0.2, 0.25) is 0 Å². The zero-order valence-electron chi connectivity index (χ0n) is 13.6. The van der Waals surface area contributed by atoms with Gasteiger partial charge in [0.15, 0.2) is 0 Å². The van der Waals surface area contributed by atoms with Gasteiger partial charge in [0, 0.05) is 31.7 Å². The lowest BCUT2D eigenvalue weighted by molar-refractivity contribution is -0.136. The summed E-state index contributed by atoms with van der Waals surface area (Å²) < 4.78 is 0. The summed E-state index contributed by atoms with van der Waals surface area (Å²) in [5.74, 6) is 0.190. The van der Waals surface area contributed by atoms with Gasteiger partial charge in [-0.2, -0.15) is 0 Å². The summed E-state index contributed by atoms with van der Waals surface area (Å²) in [6, 6.07) is 7.67. The largest absolute Gasteiger partial charge is 0.388 e. The zero-order chi connectivity index (χ0) is 16.4. The lowest BCUT2D eigenvalue weighted by Crippen LogP contribution is -2.49. The molecule has 23 heavy (non-hydrogen) atoms. The Labute approximate surface area is 136 Å². The van der Waals surface area contributed by atoms with Crippen LogP contribution in [-0.2, 0) is 16.0 Å². The van der Waals surface area contributed by atoms with Crippen LogP contribution in [0, 0.1) is 0 Å². The van der Waals surface area contributed by atoms with Gasteiger partial charge < -0.3 is 14.9 Å². The number of hydrogen-bond acceptors (Lipinski definition) is 3. The molecule has 0 bridgehead atoms. The molecule has 1 aromatic carbocycles. The average molecular weight is 316 g/mol. The van der Waals surface area contributed by atoms with E-state index in [0.29, 0.717) is 25.9 Å². The van der Waals surface area contributed by atoms with Gasteiger partial charge in [-0.25, -0.2) is 0 Å². The first-order chi connectivity index (χ1) is 10.9. The van der Waals surface area contributed by atoms with Crippen LogP contribution in [0.25, 0.3) is 0 Å². The Bertz CT molecular complexity index is 612. The van der Waals surface area contributed by atoms with Gasteiger partial charge in [0.1, 0.15) is 0 Å². The molecule has 1 aromatic rings. The molecule has 1 unspecified atom stereocenters. The summed E-state index contributed by atoms with van der Waals surface area (Å²) in [6.45, 7) is 3.65. The number of aliphatic hydroxyl groups is 1. The van der Waals surface area contributed by atoms with Gasteiger partial charge in [-0.1, -0.05) is 12.1 Å². The maximum absolute atomic E-state index is 12.5. The Kier molecular flexibility index (Phi) is 4.39. The van der Waals surface area contributed by atoms with Crippen LogP contribution in [0.5, 0.6) is 0 Å². The number of hydrogen-bond donors (Lipinski definition) is 1. The number of nitrogens with zero attached hydrogens (tertiary/aromatic N) is 2. The molecular weight excluding hydrogens is 292 g/mol. The molecule has 0 spiro atoms. The van der Waals surface area contributed by atoms with Gasteiger partial charge in [0.2, 0.25) is 11.8 Å². The highest BCUT2D eigenvalue weighted by Crippen LogP contribution is 2.24. The molecule has 0 radical (unpaired) electrons. The maximum Gasteiger partial charge on any atom is 0.227 e. The van der Waals surface area contributed by atoms with Crippen LogP contribution < -0.4 is 4.90 Å². The molecule has 2 fully saturated rings. The first-order valence-electron chi connectivity index (χ1n) is 8.34. The normalized spacial score (nSPS) is 25.0. The number of amides is 2. The highest BCUT2D eigenvalue weighted by molar-refractivity contribution is 5.95. The molecular formula is C18H24N2O3. The van der Waals surface area contributed by atoms with E-state index in [2.05, 4.69) is 0 Å². The standard InChI is InChI=1S/C18H24N2O3/c1-18(23)8-4-9-19(13-18)17(22)12-14-5-2-6-15(11-14)20-10-3-7-16(20)21/h2,5-6,11,23H,3-4,7-10,12-13H2,1H3. The van der Waals surface area contributed by atoms with Crippen LogP contribution in [0.3, 0.4) is 0 Å². The molecule has 1 N–H and O–H groups in total. The Balaban J connectivity index is 1.68. The van der Waals surface area contributed by atoms with Gasteiger partial charge in [0.25, 0.3) is 0 Å². The second-order valence-electron chi connectivity index (χ2n) is 6.91. The minimum atomic E-state index is -0.780. The number of anilines is 1. The predicted molar refractivity (Wildman–Crippen MR) is 88.2 cm³/mol. The zero-order valence-corrected chi connectivity index (χ0v) is 13.6. The lowest BCUT2D eigenvalue weighted by atomic mass is 9.94. The van der Waals surface area contributed by atoms with Gasteiger partial charge in [-0.05, 0) is 43.9 Å². The van der Waals surface area contributed by atoms with E-state index in [-0.39, 0.29) is 11.8 Å². The van der Waals surface area contributed by atoms with Crippen LogP contribution in [0.1, 0.15) is 38.2 Å². The summed E-state index contributed by atoms with van der Waals surface area (Å²) in [5, 5.41) is 10.1. The van der Waals surface area contributed by atoms with Crippen molar-refractivity contribution < 1.29 is 14.7 Å². The summed E-state index contributed by atoms with van der Waals surface area (Å²) in [6.07, 6.45) is 3.38. The molecule has 0 aromatic heterocycles. The third kappa shape index (κ3) is 3.72. The molecule has 124 valence electrons. The van der Waals surface area contributed by atoms with E-state index in [1.54, 1.807) is 16.7 Å². The van der Waals surface area contributed by atoms with Gasteiger partial charge in [0.05, 0.1) is 12.0 Å². The number of carbonyl (C=O) groups excluding carboxylic acids is 2. The van der Waals surface area contributed by atoms with E-state index in [4.69, 9.17) is 0 Å². The topological polar surface area (TPSA) is 60.9 Å². The third-order valence-corrected chi connectivity index (χ3v) is 4.68. The highest BCUT2D eigenvalue weighted by Gasteiger charge is 2.30. The summed E-state index contributed by atoms with van der Waals surface area (Å²) in [4.78, 5) is 27.9. The molecule has 2 amide bonds. The Morgan fingerprint density at radius 2 is 2.13 bits per heavy atom. The average Bonchev–Trinajstić information content (AvgIpc) is 2.92. The summed E-state index contributed by atoms with van der Waals surface area (Å²) in [5.41, 5.74) is 1.01. The highest BCUT2D eigenvalue weighted by atomic mass is 16.3. The van der Waals surface area contributed by atoms with Crippen molar-refractivity contribution in [2.24, 2.45) is 0 Å². The van der Waals surface area contributed by atoms with E-state index in [0.717, 1.165) is 37.1 Å². The lowest BCUT2D eigenvalue weighted by Gasteiger charge is -2.37. The number of carbonyl (C=O) groups is 2. The predicted octanol–water partition coefficient (Wildman–Crippen LogP) is 1.73. The van der Waals surface area contributed by atoms with E-state index in [1.807, 2.05) is 24.3 Å². The quantitative estimate of drug-likeness (QED) is 0.924. The van der Waals surface area contributed by atoms with Crippen molar-refractivity contribution in [2.45, 2.75) is 44.6 Å². The SMILES string of the molecule is CC1(O)CCCN(C(=O)Cc2cccc(N3CCCC3=O)c2)C1. The Morgan fingerprint density at radius 1 is 1.30 bits per heavy atom. The van der Waals surface area contributed by atoms with Crippen LogP contribution >= 0.6 is 0 Å². The van der Waals surface area contributed by atoms with Crippen molar-refractivity contribution in [3.05, 3.63) is 29.8 Å². The second-order valence-corrected chi connectivity index (χ2v) is 6.91. The van der Waals surface area contributed by atoms with Gasteiger partial charge in [-0.15, -0.1) is 0 Å². The monoisotopic (exact) mass is 316 g/mol. The smallest absolute Gasteiger partial charge is 0.227 e. The molecule has 5 heteroatoms. The van der Waals surface area contributed by atoms with Crippen molar-refractivity contribution >= 4 is 17.5 Å².